The average molecular weight is 224 g/mol. The molecule has 1 aliphatic rings. The first kappa shape index (κ1) is 11.3. The lowest BCUT2D eigenvalue weighted by Gasteiger charge is -2.14. The highest BCUT2D eigenvalue weighted by atomic mass is 19.1. The molecule has 0 atom stereocenters. The largest absolute Gasteiger partial charge is 0.492 e. The van der Waals surface area contributed by atoms with Gasteiger partial charge >= 0.3 is 0 Å². The molecule has 16 heavy (non-hydrogen) atoms. The molecule has 1 aromatic heterocycles. The lowest BCUT2D eigenvalue weighted by Crippen LogP contribution is -2.21. The molecule has 0 saturated carbocycles. The Kier molecular flexibility index (Phi) is 4.10. The lowest BCUT2D eigenvalue weighted by atomic mass is 10.4. The van der Waals surface area contributed by atoms with Crippen molar-refractivity contribution >= 4 is 0 Å². The van der Waals surface area contributed by atoms with Gasteiger partial charge in [-0.05, 0) is 44.5 Å². The van der Waals surface area contributed by atoms with Crippen LogP contribution < -0.4 is 4.74 Å². The van der Waals surface area contributed by atoms with Gasteiger partial charge in [-0.2, -0.15) is 4.39 Å². The molecule has 2 rings (SSSR count). The average Bonchev–Trinajstić information content (AvgIpc) is 2.80. The molecule has 0 bridgehead atoms. The van der Waals surface area contributed by atoms with Crippen LogP contribution in [-0.2, 0) is 0 Å². The van der Waals surface area contributed by atoms with Gasteiger partial charge in [0.25, 0.3) is 0 Å². The van der Waals surface area contributed by atoms with Crippen LogP contribution in [0.5, 0.6) is 5.75 Å². The van der Waals surface area contributed by atoms with Gasteiger partial charge in [0.05, 0.1) is 12.8 Å². The lowest BCUT2D eigenvalue weighted by molar-refractivity contribution is 0.262. The van der Waals surface area contributed by atoms with Crippen molar-refractivity contribution in [3.63, 3.8) is 0 Å². The molecule has 1 saturated heterocycles. The molecule has 0 aromatic carbocycles. The van der Waals surface area contributed by atoms with Crippen LogP contribution in [0.15, 0.2) is 18.3 Å². The molecule has 0 N–H and O–H groups in total. The van der Waals surface area contributed by atoms with E-state index < -0.39 is 5.95 Å². The first-order valence-electron chi connectivity index (χ1n) is 5.81. The van der Waals surface area contributed by atoms with Gasteiger partial charge in [-0.3, -0.25) is 0 Å². The minimum Gasteiger partial charge on any atom is -0.492 e. The minimum absolute atomic E-state index is 0.468. The van der Waals surface area contributed by atoms with E-state index in [1.165, 1.54) is 38.2 Å². The third-order valence-electron chi connectivity index (χ3n) is 2.79. The molecule has 0 aliphatic carbocycles. The van der Waals surface area contributed by atoms with Gasteiger partial charge in [0.15, 0.2) is 0 Å². The summed E-state index contributed by atoms with van der Waals surface area (Å²) in [4.78, 5) is 5.98. The van der Waals surface area contributed by atoms with Crippen molar-refractivity contribution in [3.8, 4) is 5.75 Å². The van der Waals surface area contributed by atoms with Crippen LogP contribution in [0, 0.1) is 5.95 Å². The number of halogens is 1. The fourth-order valence-corrected chi connectivity index (χ4v) is 1.93. The summed E-state index contributed by atoms with van der Waals surface area (Å²) in [7, 11) is 0. The number of rotatable bonds is 5. The number of likely N-dealkylation sites (tertiary alicyclic amines) is 1. The molecule has 3 nitrogen and oxygen atoms in total. The predicted octanol–water partition coefficient (Wildman–Crippen LogP) is 2.09. The van der Waals surface area contributed by atoms with Gasteiger partial charge in [-0.1, -0.05) is 0 Å². The molecule has 1 aliphatic heterocycles. The molecule has 0 amide bonds. The summed E-state index contributed by atoms with van der Waals surface area (Å²) in [6, 6.07) is 2.92. The number of pyridine rings is 1. The Morgan fingerprint density at radius 2 is 2.12 bits per heavy atom. The zero-order valence-corrected chi connectivity index (χ0v) is 9.36. The maximum Gasteiger partial charge on any atom is 0.213 e. The standard InChI is InChI=1S/C12H17FN2O/c13-12-5-4-11(10-14-12)16-9-3-8-15-6-1-2-7-15/h4-5,10H,1-3,6-9H2. The highest BCUT2D eigenvalue weighted by Gasteiger charge is 2.10. The van der Waals surface area contributed by atoms with E-state index in [4.69, 9.17) is 4.74 Å². The van der Waals surface area contributed by atoms with E-state index >= 15 is 0 Å². The van der Waals surface area contributed by atoms with Crippen LogP contribution in [-0.4, -0.2) is 36.1 Å². The van der Waals surface area contributed by atoms with E-state index in [1.54, 1.807) is 6.07 Å². The Balaban J connectivity index is 1.62. The summed E-state index contributed by atoms with van der Waals surface area (Å²) in [6.07, 6.45) is 5.08. The maximum atomic E-state index is 12.5. The van der Waals surface area contributed by atoms with E-state index in [0.29, 0.717) is 12.4 Å². The number of hydrogen-bond acceptors (Lipinski definition) is 3. The SMILES string of the molecule is Fc1ccc(OCCCN2CCCC2)cn1. The smallest absolute Gasteiger partial charge is 0.213 e. The summed E-state index contributed by atoms with van der Waals surface area (Å²) in [5.74, 6) is 0.173. The first-order valence-corrected chi connectivity index (χ1v) is 5.81. The Morgan fingerprint density at radius 3 is 2.81 bits per heavy atom. The van der Waals surface area contributed by atoms with Gasteiger partial charge in [0.1, 0.15) is 5.75 Å². The van der Waals surface area contributed by atoms with Gasteiger partial charge < -0.3 is 9.64 Å². The fourth-order valence-electron chi connectivity index (χ4n) is 1.93. The minimum atomic E-state index is -0.468. The van der Waals surface area contributed by atoms with Crippen LogP contribution in [0.3, 0.4) is 0 Å². The Labute approximate surface area is 95.2 Å². The van der Waals surface area contributed by atoms with Crippen LogP contribution in [0.2, 0.25) is 0 Å². The third-order valence-corrected chi connectivity index (χ3v) is 2.79. The Hall–Kier alpha value is -1.16. The summed E-state index contributed by atoms with van der Waals surface area (Å²) < 4.78 is 18.0. The van der Waals surface area contributed by atoms with Gasteiger partial charge in [0, 0.05) is 6.54 Å². The zero-order valence-electron chi connectivity index (χ0n) is 9.36. The molecule has 4 heteroatoms. The monoisotopic (exact) mass is 224 g/mol. The summed E-state index contributed by atoms with van der Waals surface area (Å²) in [6.45, 7) is 4.20. The molecular formula is C12H17FN2O. The van der Waals surface area contributed by atoms with Crippen molar-refractivity contribution in [2.75, 3.05) is 26.2 Å². The molecule has 1 fully saturated rings. The quantitative estimate of drug-likeness (QED) is 0.565. The normalized spacial score (nSPS) is 16.6. The molecule has 0 radical (unpaired) electrons. The van der Waals surface area contributed by atoms with Crippen LogP contribution in [0.25, 0.3) is 0 Å². The van der Waals surface area contributed by atoms with Crippen molar-refractivity contribution in [1.29, 1.82) is 0 Å². The van der Waals surface area contributed by atoms with Crippen molar-refractivity contribution in [1.82, 2.24) is 9.88 Å². The number of aromatic nitrogens is 1. The second-order valence-electron chi connectivity index (χ2n) is 4.07. The highest BCUT2D eigenvalue weighted by molar-refractivity contribution is 5.15. The molecule has 2 heterocycles. The van der Waals surface area contributed by atoms with Crippen molar-refractivity contribution in [2.24, 2.45) is 0 Å². The van der Waals surface area contributed by atoms with Crippen LogP contribution in [0.1, 0.15) is 19.3 Å². The number of nitrogens with zero attached hydrogens (tertiary/aromatic N) is 2. The van der Waals surface area contributed by atoms with Crippen LogP contribution in [0.4, 0.5) is 4.39 Å². The summed E-state index contributed by atoms with van der Waals surface area (Å²) in [5, 5.41) is 0. The molecule has 88 valence electrons. The van der Waals surface area contributed by atoms with E-state index in [0.717, 1.165) is 13.0 Å². The first-order chi connectivity index (χ1) is 7.84. The topological polar surface area (TPSA) is 25.4 Å². The zero-order chi connectivity index (χ0) is 11.2. The molecule has 1 aromatic rings. The third kappa shape index (κ3) is 3.45. The van der Waals surface area contributed by atoms with E-state index in [2.05, 4.69) is 9.88 Å². The van der Waals surface area contributed by atoms with Gasteiger partial charge in [0.2, 0.25) is 5.95 Å². The van der Waals surface area contributed by atoms with E-state index in [-0.39, 0.29) is 0 Å². The van der Waals surface area contributed by atoms with Gasteiger partial charge in [-0.25, -0.2) is 4.98 Å². The maximum absolute atomic E-state index is 12.5. The van der Waals surface area contributed by atoms with Crippen LogP contribution >= 0.6 is 0 Å². The molecular weight excluding hydrogens is 207 g/mol. The predicted molar refractivity (Wildman–Crippen MR) is 60.0 cm³/mol. The van der Waals surface area contributed by atoms with Crippen molar-refractivity contribution in [2.45, 2.75) is 19.3 Å². The Morgan fingerprint density at radius 1 is 1.31 bits per heavy atom. The fraction of sp³-hybridized carbons (Fsp3) is 0.583. The molecule has 0 spiro atoms. The summed E-state index contributed by atoms with van der Waals surface area (Å²) >= 11 is 0. The second kappa shape index (κ2) is 5.80. The van der Waals surface area contributed by atoms with E-state index in [1.807, 2.05) is 0 Å². The molecule has 0 unspecified atom stereocenters. The van der Waals surface area contributed by atoms with Gasteiger partial charge in [-0.15, -0.1) is 0 Å². The Bertz CT molecular complexity index is 309. The van der Waals surface area contributed by atoms with E-state index in [9.17, 15) is 4.39 Å². The number of ether oxygens (including phenoxy) is 1. The summed E-state index contributed by atoms with van der Waals surface area (Å²) in [5.41, 5.74) is 0. The van der Waals surface area contributed by atoms with Crippen molar-refractivity contribution in [3.05, 3.63) is 24.3 Å². The highest BCUT2D eigenvalue weighted by Crippen LogP contribution is 2.10. The second-order valence-corrected chi connectivity index (χ2v) is 4.07. The number of hydrogen-bond donors (Lipinski definition) is 0. The van der Waals surface area contributed by atoms with Crippen molar-refractivity contribution < 1.29 is 9.13 Å².